The van der Waals surface area contributed by atoms with Crippen LogP contribution in [0.25, 0.3) is 0 Å². The van der Waals surface area contributed by atoms with E-state index in [4.69, 9.17) is 11.6 Å². The summed E-state index contributed by atoms with van der Waals surface area (Å²) in [6, 6.07) is 4.37. The van der Waals surface area contributed by atoms with Crippen LogP contribution >= 0.6 is 11.6 Å². The average Bonchev–Trinajstić information content (AvgIpc) is 2.81. The zero-order chi connectivity index (χ0) is 13.1. The van der Waals surface area contributed by atoms with Crippen molar-refractivity contribution in [2.24, 2.45) is 0 Å². The Kier molecular flexibility index (Phi) is 3.47. The molecule has 0 fully saturated rings. The van der Waals surface area contributed by atoms with Crippen molar-refractivity contribution in [2.45, 2.75) is 6.54 Å². The number of aromatic nitrogens is 3. The lowest BCUT2D eigenvalue weighted by Crippen LogP contribution is -2.26. The van der Waals surface area contributed by atoms with E-state index in [1.54, 1.807) is 13.1 Å². The maximum atomic E-state index is 12.1. The number of aromatic hydroxyl groups is 1. The van der Waals surface area contributed by atoms with E-state index >= 15 is 0 Å². The number of phenolic OH excluding ortho intramolecular Hbond substituents is 1. The number of H-pyrrole nitrogens is 1. The van der Waals surface area contributed by atoms with E-state index in [9.17, 15) is 9.90 Å². The molecular weight excluding hydrogens is 256 g/mol. The molecule has 0 unspecified atom stereocenters. The maximum absolute atomic E-state index is 12.1. The Morgan fingerprint density at radius 1 is 1.56 bits per heavy atom. The van der Waals surface area contributed by atoms with E-state index in [1.807, 2.05) is 0 Å². The Hall–Kier alpha value is -2.08. The largest absolute Gasteiger partial charge is 0.507 e. The van der Waals surface area contributed by atoms with Gasteiger partial charge in [-0.15, -0.1) is 0 Å². The van der Waals surface area contributed by atoms with Gasteiger partial charge in [0.15, 0.2) is 0 Å². The van der Waals surface area contributed by atoms with E-state index < -0.39 is 0 Å². The second-order valence-corrected chi connectivity index (χ2v) is 4.19. The monoisotopic (exact) mass is 266 g/mol. The number of carbonyl (C=O) groups is 1. The topological polar surface area (TPSA) is 82.1 Å². The number of carbonyl (C=O) groups excluding carboxylic acids is 1. The molecular formula is C11H11ClN4O2. The van der Waals surface area contributed by atoms with Crippen molar-refractivity contribution in [1.29, 1.82) is 0 Å². The Bertz CT molecular complexity index is 556. The summed E-state index contributed by atoms with van der Waals surface area (Å²) in [6.07, 6.45) is 1.37. The van der Waals surface area contributed by atoms with Gasteiger partial charge in [0.25, 0.3) is 5.91 Å². The van der Waals surface area contributed by atoms with E-state index in [1.165, 1.54) is 23.4 Å². The molecule has 1 amide bonds. The number of nitrogens with one attached hydrogen (secondary N) is 1. The molecule has 0 bridgehead atoms. The summed E-state index contributed by atoms with van der Waals surface area (Å²) in [4.78, 5) is 17.4. The molecule has 2 N–H and O–H groups in total. The van der Waals surface area contributed by atoms with Crippen LogP contribution in [0.1, 0.15) is 16.2 Å². The highest BCUT2D eigenvalue weighted by atomic mass is 35.5. The lowest BCUT2D eigenvalue weighted by atomic mass is 10.2. The van der Waals surface area contributed by atoms with E-state index in [2.05, 4.69) is 15.2 Å². The third-order valence-electron chi connectivity index (χ3n) is 2.39. The van der Waals surface area contributed by atoms with Crippen LogP contribution in [0.15, 0.2) is 24.5 Å². The molecule has 0 atom stereocenters. The molecule has 7 heteroatoms. The van der Waals surface area contributed by atoms with Crippen molar-refractivity contribution in [3.63, 3.8) is 0 Å². The molecule has 94 valence electrons. The van der Waals surface area contributed by atoms with Gasteiger partial charge in [-0.05, 0) is 18.2 Å². The van der Waals surface area contributed by atoms with Gasteiger partial charge >= 0.3 is 0 Å². The van der Waals surface area contributed by atoms with Crippen molar-refractivity contribution < 1.29 is 9.90 Å². The third kappa shape index (κ3) is 2.60. The molecule has 0 aliphatic carbocycles. The fourth-order valence-corrected chi connectivity index (χ4v) is 1.66. The summed E-state index contributed by atoms with van der Waals surface area (Å²) in [7, 11) is 1.61. The Balaban J connectivity index is 2.15. The Morgan fingerprint density at radius 3 is 2.94 bits per heavy atom. The van der Waals surface area contributed by atoms with Crippen molar-refractivity contribution in [2.75, 3.05) is 7.05 Å². The lowest BCUT2D eigenvalue weighted by Gasteiger charge is -2.16. The first-order valence-electron chi connectivity index (χ1n) is 5.16. The zero-order valence-electron chi connectivity index (χ0n) is 9.59. The highest BCUT2D eigenvalue weighted by Crippen LogP contribution is 2.23. The summed E-state index contributed by atoms with van der Waals surface area (Å²) < 4.78 is 0. The molecule has 0 aliphatic heterocycles. The first-order chi connectivity index (χ1) is 8.58. The predicted molar refractivity (Wildman–Crippen MR) is 65.3 cm³/mol. The minimum absolute atomic E-state index is 0.142. The van der Waals surface area contributed by atoms with Crippen molar-refractivity contribution in [3.8, 4) is 5.75 Å². The van der Waals surface area contributed by atoms with Crippen LogP contribution in [0.2, 0.25) is 5.02 Å². The first-order valence-corrected chi connectivity index (χ1v) is 5.54. The normalized spacial score (nSPS) is 10.3. The van der Waals surface area contributed by atoms with Crippen LogP contribution in [0, 0.1) is 0 Å². The van der Waals surface area contributed by atoms with Crippen LogP contribution in [0.5, 0.6) is 5.75 Å². The van der Waals surface area contributed by atoms with E-state index in [0.717, 1.165) is 0 Å². The quantitative estimate of drug-likeness (QED) is 0.881. The third-order valence-corrected chi connectivity index (χ3v) is 2.62. The minimum Gasteiger partial charge on any atom is -0.507 e. The lowest BCUT2D eigenvalue weighted by molar-refractivity contribution is 0.0778. The highest BCUT2D eigenvalue weighted by molar-refractivity contribution is 6.30. The number of hydrogen-bond donors (Lipinski definition) is 2. The van der Waals surface area contributed by atoms with Gasteiger partial charge in [0, 0.05) is 12.1 Å². The summed E-state index contributed by atoms with van der Waals surface area (Å²) >= 11 is 5.71. The smallest absolute Gasteiger partial charge is 0.257 e. The van der Waals surface area contributed by atoms with Crippen LogP contribution in [-0.4, -0.2) is 38.1 Å². The van der Waals surface area contributed by atoms with Gasteiger partial charge in [-0.25, -0.2) is 4.98 Å². The van der Waals surface area contributed by atoms with Gasteiger partial charge in [0.05, 0.1) is 12.1 Å². The van der Waals surface area contributed by atoms with Gasteiger partial charge in [0.1, 0.15) is 17.9 Å². The molecule has 1 heterocycles. The Labute approximate surface area is 108 Å². The van der Waals surface area contributed by atoms with Crippen LogP contribution in [0.3, 0.4) is 0 Å². The van der Waals surface area contributed by atoms with Gasteiger partial charge in [-0.3, -0.25) is 9.89 Å². The van der Waals surface area contributed by atoms with E-state index in [-0.39, 0.29) is 23.8 Å². The van der Waals surface area contributed by atoms with E-state index in [0.29, 0.717) is 10.8 Å². The second-order valence-electron chi connectivity index (χ2n) is 3.75. The molecule has 0 spiro atoms. The molecule has 1 aromatic heterocycles. The number of phenols is 1. The summed E-state index contributed by atoms with van der Waals surface area (Å²) in [5.41, 5.74) is 0.196. The summed E-state index contributed by atoms with van der Waals surface area (Å²) in [5.74, 6) is 0.108. The molecule has 2 aromatic rings. The number of nitrogens with zero attached hydrogens (tertiary/aromatic N) is 3. The molecule has 0 radical (unpaired) electrons. The maximum Gasteiger partial charge on any atom is 0.257 e. The van der Waals surface area contributed by atoms with Gasteiger partial charge in [0.2, 0.25) is 0 Å². The number of hydrogen-bond acceptors (Lipinski definition) is 4. The number of aromatic amines is 1. The molecule has 0 saturated heterocycles. The fraction of sp³-hybridized carbons (Fsp3) is 0.182. The van der Waals surface area contributed by atoms with Crippen LogP contribution < -0.4 is 0 Å². The first kappa shape index (κ1) is 12.4. The second kappa shape index (κ2) is 5.05. The standard InChI is InChI=1S/C11H11ClN4O2/c1-16(5-10-13-6-14-15-10)11(18)8-3-2-7(12)4-9(8)17/h2-4,6,17H,5H2,1H3,(H,13,14,15). The van der Waals surface area contributed by atoms with Crippen molar-refractivity contribution >= 4 is 17.5 Å². The molecule has 1 aromatic carbocycles. The molecule has 6 nitrogen and oxygen atoms in total. The molecule has 18 heavy (non-hydrogen) atoms. The number of benzene rings is 1. The van der Waals surface area contributed by atoms with Crippen LogP contribution in [-0.2, 0) is 6.54 Å². The molecule has 2 rings (SSSR count). The number of amides is 1. The number of halogens is 1. The molecule has 0 saturated carbocycles. The Morgan fingerprint density at radius 2 is 2.33 bits per heavy atom. The summed E-state index contributed by atoms with van der Waals surface area (Å²) in [5, 5.41) is 16.4. The van der Waals surface area contributed by atoms with Gasteiger partial charge < -0.3 is 10.0 Å². The number of rotatable bonds is 3. The predicted octanol–water partition coefficient (Wildman–Crippen LogP) is 1.44. The fourth-order valence-electron chi connectivity index (χ4n) is 1.49. The summed E-state index contributed by atoms with van der Waals surface area (Å²) in [6.45, 7) is 0.279. The van der Waals surface area contributed by atoms with Crippen LogP contribution in [0.4, 0.5) is 0 Å². The highest BCUT2D eigenvalue weighted by Gasteiger charge is 2.16. The average molecular weight is 267 g/mol. The zero-order valence-corrected chi connectivity index (χ0v) is 10.3. The van der Waals surface area contributed by atoms with Crippen molar-refractivity contribution in [3.05, 3.63) is 40.9 Å². The minimum atomic E-state index is -0.319. The SMILES string of the molecule is CN(Cc1ncn[nH]1)C(=O)c1ccc(Cl)cc1O. The van der Waals surface area contributed by atoms with Gasteiger partial charge in [-0.2, -0.15) is 5.10 Å². The molecule has 0 aliphatic rings. The van der Waals surface area contributed by atoms with Gasteiger partial charge in [-0.1, -0.05) is 11.6 Å². The van der Waals surface area contributed by atoms with Crippen molar-refractivity contribution in [1.82, 2.24) is 20.1 Å².